The van der Waals surface area contributed by atoms with Crippen molar-refractivity contribution in [1.82, 2.24) is 4.57 Å². The maximum absolute atomic E-state index is 11.8. The minimum atomic E-state index is -0.800. The molecule has 1 aliphatic rings. The lowest BCUT2D eigenvalue weighted by Gasteiger charge is -2.34. The monoisotopic (exact) mass is 406 g/mol. The van der Waals surface area contributed by atoms with E-state index in [4.69, 9.17) is 4.74 Å². The lowest BCUT2D eigenvalue weighted by molar-refractivity contribution is -0.136. The Bertz CT molecular complexity index is 1100. The summed E-state index contributed by atoms with van der Waals surface area (Å²) in [5.74, 6) is -0.800. The van der Waals surface area contributed by atoms with Crippen molar-refractivity contribution in [2.75, 3.05) is 31.2 Å². The van der Waals surface area contributed by atoms with Crippen molar-refractivity contribution in [3.63, 3.8) is 0 Å². The van der Waals surface area contributed by atoms with Crippen LogP contribution >= 0.6 is 0 Å². The van der Waals surface area contributed by atoms with Crippen molar-refractivity contribution in [2.24, 2.45) is 0 Å². The zero-order valence-corrected chi connectivity index (χ0v) is 18.3. The molecule has 0 amide bonds. The Kier molecular flexibility index (Phi) is 5.56. The predicted molar refractivity (Wildman–Crippen MR) is 122 cm³/mol. The SMILES string of the molecule is CCOCCN1CCn2c(C)cc3c(-c4ccc(C)cc4)c(CC(=O)O)c(C)c1c32. The molecule has 0 spiro atoms. The predicted octanol–water partition coefficient (Wildman–Crippen LogP) is 4.72. The Labute approximate surface area is 177 Å². The van der Waals surface area contributed by atoms with Crippen molar-refractivity contribution in [3.8, 4) is 11.1 Å². The quantitative estimate of drug-likeness (QED) is 0.577. The van der Waals surface area contributed by atoms with Crippen molar-refractivity contribution in [1.29, 1.82) is 0 Å². The highest BCUT2D eigenvalue weighted by Crippen LogP contribution is 2.44. The first-order valence-electron chi connectivity index (χ1n) is 10.7. The molecule has 0 aliphatic carbocycles. The summed E-state index contributed by atoms with van der Waals surface area (Å²) in [6.45, 7) is 12.3. The first kappa shape index (κ1) is 20.5. The molecule has 3 aromatic rings. The van der Waals surface area contributed by atoms with Crippen LogP contribution in [-0.2, 0) is 22.5 Å². The van der Waals surface area contributed by atoms with E-state index in [9.17, 15) is 9.90 Å². The minimum Gasteiger partial charge on any atom is -0.481 e. The van der Waals surface area contributed by atoms with Crippen LogP contribution in [0.1, 0.15) is 29.3 Å². The second-order valence-corrected chi connectivity index (χ2v) is 8.15. The number of aryl methyl sites for hydroxylation is 2. The smallest absolute Gasteiger partial charge is 0.307 e. The molecule has 158 valence electrons. The zero-order chi connectivity index (χ0) is 21.4. The van der Waals surface area contributed by atoms with Crippen molar-refractivity contribution >= 4 is 22.6 Å². The summed E-state index contributed by atoms with van der Waals surface area (Å²) in [4.78, 5) is 14.2. The van der Waals surface area contributed by atoms with Crippen molar-refractivity contribution in [3.05, 3.63) is 52.7 Å². The minimum absolute atomic E-state index is 0.0154. The number of carboxylic acids is 1. The van der Waals surface area contributed by atoms with E-state index in [-0.39, 0.29) is 6.42 Å². The number of carboxylic acid groups (broad SMARTS) is 1. The van der Waals surface area contributed by atoms with Gasteiger partial charge in [0.25, 0.3) is 0 Å². The van der Waals surface area contributed by atoms with Gasteiger partial charge >= 0.3 is 5.97 Å². The maximum Gasteiger partial charge on any atom is 0.307 e. The van der Waals surface area contributed by atoms with Gasteiger partial charge in [0.05, 0.1) is 24.2 Å². The van der Waals surface area contributed by atoms with Gasteiger partial charge in [0, 0.05) is 37.3 Å². The van der Waals surface area contributed by atoms with Gasteiger partial charge in [0.1, 0.15) is 0 Å². The Morgan fingerprint density at radius 3 is 2.53 bits per heavy atom. The van der Waals surface area contributed by atoms with Crippen LogP contribution < -0.4 is 4.90 Å². The molecule has 0 atom stereocenters. The average molecular weight is 407 g/mol. The molecule has 0 radical (unpaired) electrons. The summed E-state index contributed by atoms with van der Waals surface area (Å²) < 4.78 is 8.01. The Morgan fingerprint density at radius 2 is 1.87 bits per heavy atom. The highest BCUT2D eigenvalue weighted by molar-refractivity contribution is 6.07. The number of aliphatic carboxylic acids is 1. The Balaban J connectivity index is 2.00. The van der Waals surface area contributed by atoms with Crippen molar-refractivity contribution < 1.29 is 14.6 Å². The number of anilines is 1. The van der Waals surface area contributed by atoms with E-state index in [0.717, 1.165) is 53.0 Å². The van der Waals surface area contributed by atoms with Crippen LogP contribution in [0.4, 0.5) is 5.69 Å². The number of aromatic nitrogens is 1. The van der Waals surface area contributed by atoms with Crippen LogP contribution in [0.25, 0.3) is 22.0 Å². The van der Waals surface area contributed by atoms with Crippen LogP contribution in [0, 0.1) is 20.8 Å². The number of ether oxygens (including phenoxy) is 1. The normalized spacial score (nSPS) is 13.3. The van der Waals surface area contributed by atoms with Crippen LogP contribution in [0.3, 0.4) is 0 Å². The van der Waals surface area contributed by atoms with Crippen LogP contribution in [-0.4, -0.2) is 41.9 Å². The van der Waals surface area contributed by atoms with E-state index in [1.807, 2.05) is 6.92 Å². The summed E-state index contributed by atoms with van der Waals surface area (Å²) in [5.41, 5.74) is 8.91. The molecular weight excluding hydrogens is 376 g/mol. The summed E-state index contributed by atoms with van der Waals surface area (Å²) in [6.07, 6.45) is 0.0154. The third-order valence-electron chi connectivity index (χ3n) is 6.19. The van der Waals surface area contributed by atoms with Gasteiger partial charge in [-0.15, -0.1) is 0 Å². The first-order valence-corrected chi connectivity index (χ1v) is 10.7. The highest BCUT2D eigenvalue weighted by Gasteiger charge is 2.28. The maximum atomic E-state index is 11.8. The van der Waals surface area contributed by atoms with Gasteiger partial charge in [-0.2, -0.15) is 0 Å². The van der Waals surface area contributed by atoms with E-state index < -0.39 is 5.97 Å². The molecule has 30 heavy (non-hydrogen) atoms. The molecular formula is C25H30N2O3. The molecule has 4 rings (SSSR count). The summed E-state index contributed by atoms with van der Waals surface area (Å²) in [7, 11) is 0. The van der Waals surface area contributed by atoms with E-state index in [1.54, 1.807) is 0 Å². The number of carbonyl (C=O) groups is 1. The highest BCUT2D eigenvalue weighted by atomic mass is 16.5. The van der Waals surface area contributed by atoms with Gasteiger partial charge in [-0.05, 0) is 56.0 Å². The van der Waals surface area contributed by atoms with Gasteiger partial charge in [0.15, 0.2) is 0 Å². The topological polar surface area (TPSA) is 54.7 Å². The van der Waals surface area contributed by atoms with E-state index >= 15 is 0 Å². The van der Waals surface area contributed by atoms with E-state index in [0.29, 0.717) is 13.2 Å². The number of rotatable bonds is 7. The van der Waals surface area contributed by atoms with E-state index in [2.05, 4.69) is 60.6 Å². The fourth-order valence-electron chi connectivity index (χ4n) is 4.77. The molecule has 1 aliphatic heterocycles. The van der Waals surface area contributed by atoms with Crippen LogP contribution in [0.2, 0.25) is 0 Å². The lowest BCUT2D eigenvalue weighted by Crippen LogP contribution is -2.35. The molecule has 0 fully saturated rings. The van der Waals surface area contributed by atoms with E-state index in [1.165, 1.54) is 16.8 Å². The Hall–Kier alpha value is -2.79. The molecule has 2 heterocycles. The van der Waals surface area contributed by atoms with Gasteiger partial charge < -0.3 is 19.3 Å². The first-order chi connectivity index (χ1) is 14.4. The molecule has 0 saturated heterocycles. The second kappa shape index (κ2) is 8.15. The molecule has 5 nitrogen and oxygen atoms in total. The summed E-state index contributed by atoms with van der Waals surface area (Å²) >= 11 is 0. The summed E-state index contributed by atoms with van der Waals surface area (Å²) in [5, 5.41) is 10.9. The molecule has 5 heteroatoms. The number of nitrogens with zero attached hydrogens (tertiary/aromatic N) is 2. The number of benzene rings is 2. The second-order valence-electron chi connectivity index (χ2n) is 8.15. The average Bonchev–Trinajstić information content (AvgIpc) is 3.04. The molecule has 1 N–H and O–H groups in total. The van der Waals surface area contributed by atoms with Gasteiger partial charge in [-0.3, -0.25) is 4.79 Å². The third-order valence-corrected chi connectivity index (χ3v) is 6.19. The van der Waals surface area contributed by atoms with Gasteiger partial charge in [0.2, 0.25) is 0 Å². The standard InChI is InChI=1S/C25H30N2O3/c1-5-30-13-12-26-10-11-27-17(3)14-21-23(19-8-6-16(2)7-9-19)20(15-22(28)29)18(4)24(26)25(21)27/h6-9,14H,5,10-13,15H2,1-4H3,(H,28,29). The molecule has 0 saturated carbocycles. The number of hydrogen-bond acceptors (Lipinski definition) is 3. The van der Waals surface area contributed by atoms with Crippen molar-refractivity contribution in [2.45, 2.75) is 40.7 Å². The Morgan fingerprint density at radius 1 is 1.13 bits per heavy atom. The number of hydrogen-bond donors (Lipinski definition) is 1. The fourth-order valence-corrected chi connectivity index (χ4v) is 4.77. The van der Waals surface area contributed by atoms with Crippen LogP contribution in [0.5, 0.6) is 0 Å². The zero-order valence-electron chi connectivity index (χ0n) is 18.3. The van der Waals surface area contributed by atoms with Gasteiger partial charge in [-0.25, -0.2) is 0 Å². The molecule has 2 aromatic carbocycles. The third kappa shape index (κ3) is 3.47. The molecule has 0 unspecified atom stereocenters. The molecule has 0 bridgehead atoms. The fraction of sp³-hybridized carbons (Fsp3) is 0.400. The lowest BCUT2D eigenvalue weighted by atomic mass is 9.88. The van der Waals surface area contributed by atoms with Crippen LogP contribution in [0.15, 0.2) is 30.3 Å². The van der Waals surface area contributed by atoms with Gasteiger partial charge in [-0.1, -0.05) is 29.8 Å². The summed E-state index contributed by atoms with van der Waals surface area (Å²) in [6, 6.07) is 10.6. The molecule has 1 aromatic heterocycles. The largest absolute Gasteiger partial charge is 0.481 e.